The van der Waals surface area contributed by atoms with Gasteiger partial charge in [-0.25, -0.2) is 9.18 Å². The number of likely N-dealkylation sites (tertiary alicyclic amines) is 1. The van der Waals surface area contributed by atoms with Crippen molar-refractivity contribution >= 4 is 17.9 Å². The topological polar surface area (TPSA) is 100 Å². The minimum atomic E-state index is -0.896. The van der Waals surface area contributed by atoms with E-state index < -0.39 is 35.8 Å². The van der Waals surface area contributed by atoms with Crippen LogP contribution in [-0.2, 0) is 25.5 Å². The lowest BCUT2D eigenvalue weighted by Crippen LogP contribution is -2.59. The molecule has 1 aliphatic heterocycles. The lowest BCUT2D eigenvalue weighted by Gasteiger charge is -2.33. The van der Waals surface area contributed by atoms with Gasteiger partial charge in [-0.05, 0) is 78.1 Å². The maximum Gasteiger partial charge on any atom is 0.410 e. The predicted octanol–water partition coefficient (Wildman–Crippen LogP) is 2.72. The molecular formula is C27H43FN4O5. The van der Waals surface area contributed by atoms with Crippen LogP contribution in [0.4, 0.5) is 9.18 Å². The maximum absolute atomic E-state index is 13.6. The molecule has 37 heavy (non-hydrogen) atoms. The third-order valence-corrected chi connectivity index (χ3v) is 6.59. The summed E-state index contributed by atoms with van der Waals surface area (Å²) >= 11 is 0. The number of amides is 3. The Morgan fingerprint density at radius 2 is 1.84 bits per heavy atom. The minimum absolute atomic E-state index is 0.00830. The van der Waals surface area contributed by atoms with Crippen LogP contribution in [0.2, 0.25) is 0 Å². The molecule has 4 unspecified atom stereocenters. The molecule has 1 aromatic rings. The number of nitrogens with zero attached hydrogens (tertiary/aromatic N) is 2. The van der Waals surface area contributed by atoms with E-state index in [-0.39, 0.29) is 17.8 Å². The summed E-state index contributed by atoms with van der Waals surface area (Å²) in [6.07, 6.45) is 1.29. The molecule has 0 saturated carbocycles. The molecule has 1 saturated heterocycles. The fourth-order valence-corrected chi connectivity index (χ4v) is 4.13. The molecule has 1 aromatic carbocycles. The molecule has 9 nitrogen and oxygen atoms in total. The fourth-order valence-electron chi connectivity index (χ4n) is 4.13. The SMILES string of the molecule is COC(C)C(NC(=O)C(C)N(C)C(=O)OC(C)(C)C)C(=O)N1CCCC1CNCCc1ccc(F)cc1. The molecule has 1 aliphatic rings. The molecule has 208 valence electrons. The van der Waals surface area contributed by atoms with E-state index in [9.17, 15) is 18.8 Å². The molecule has 1 heterocycles. The molecule has 0 spiro atoms. The average molecular weight is 523 g/mol. The number of carbonyl (C=O) groups is 3. The summed E-state index contributed by atoms with van der Waals surface area (Å²) in [7, 11) is 2.98. The highest BCUT2D eigenvalue weighted by Gasteiger charge is 2.38. The van der Waals surface area contributed by atoms with Crippen molar-refractivity contribution in [2.24, 2.45) is 0 Å². The number of methoxy groups -OCH3 is 1. The van der Waals surface area contributed by atoms with Gasteiger partial charge in [-0.3, -0.25) is 14.5 Å². The van der Waals surface area contributed by atoms with Gasteiger partial charge in [0.1, 0.15) is 23.5 Å². The number of benzene rings is 1. The first-order chi connectivity index (χ1) is 17.3. The minimum Gasteiger partial charge on any atom is -0.444 e. The first-order valence-electron chi connectivity index (χ1n) is 12.9. The Bertz CT molecular complexity index is 905. The predicted molar refractivity (Wildman–Crippen MR) is 140 cm³/mol. The average Bonchev–Trinajstić information content (AvgIpc) is 3.31. The van der Waals surface area contributed by atoms with Gasteiger partial charge < -0.3 is 25.0 Å². The quantitative estimate of drug-likeness (QED) is 0.434. The van der Waals surface area contributed by atoms with Crippen LogP contribution in [0, 0.1) is 5.82 Å². The Kier molecular flexibility index (Phi) is 11.3. The largest absolute Gasteiger partial charge is 0.444 e. The summed E-state index contributed by atoms with van der Waals surface area (Å²) in [4.78, 5) is 42.0. The molecule has 2 N–H and O–H groups in total. The van der Waals surface area contributed by atoms with Crippen molar-refractivity contribution in [2.45, 2.75) is 83.7 Å². The van der Waals surface area contributed by atoms with Crippen LogP contribution in [-0.4, -0.2) is 91.3 Å². The van der Waals surface area contributed by atoms with E-state index in [0.29, 0.717) is 19.6 Å². The third-order valence-electron chi connectivity index (χ3n) is 6.59. The van der Waals surface area contributed by atoms with Crippen molar-refractivity contribution in [1.29, 1.82) is 0 Å². The summed E-state index contributed by atoms with van der Waals surface area (Å²) in [5, 5.41) is 6.20. The first-order valence-corrected chi connectivity index (χ1v) is 12.9. The molecule has 1 fully saturated rings. The van der Waals surface area contributed by atoms with E-state index in [1.54, 1.807) is 51.7 Å². The molecule has 2 rings (SSSR count). The van der Waals surface area contributed by atoms with Crippen LogP contribution in [0.1, 0.15) is 53.0 Å². The Labute approximate surface area is 220 Å². The molecule has 0 aromatic heterocycles. The standard InChI is InChI=1S/C27H43FN4O5/c1-18(31(6)26(35)37-27(3,4)5)24(33)30-23(19(2)36-7)25(34)32-16-8-9-22(32)17-29-15-14-20-10-12-21(28)13-11-20/h10-13,18-19,22-23,29H,8-9,14-17H2,1-7H3,(H,30,33). The van der Waals surface area contributed by atoms with Gasteiger partial charge in [0.15, 0.2) is 0 Å². The third kappa shape index (κ3) is 9.27. The van der Waals surface area contributed by atoms with E-state index in [1.165, 1.54) is 31.2 Å². The summed E-state index contributed by atoms with van der Waals surface area (Å²) in [5.41, 5.74) is 0.345. The van der Waals surface area contributed by atoms with Crippen molar-refractivity contribution in [3.63, 3.8) is 0 Å². The van der Waals surface area contributed by atoms with Crippen LogP contribution < -0.4 is 10.6 Å². The zero-order valence-electron chi connectivity index (χ0n) is 23.2. The van der Waals surface area contributed by atoms with Gasteiger partial charge >= 0.3 is 6.09 Å². The molecule has 4 atom stereocenters. The Hall–Kier alpha value is -2.72. The number of nitrogens with one attached hydrogen (secondary N) is 2. The van der Waals surface area contributed by atoms with Gasteiger partial charge in [-0.1, -0.05) is 12.1 Å². The van der Waals surface area contributed by atoms with Crippen molar-refractivity contribution in [3.05, 3.63) is 35.6 Å². The first kappa shape index (κ1) is 30.5. The normalized spacial score (nSPS) is 18.2. The number of carbonyl (C=O) groups excluding carboxylic acids is 3. The van der Waals surface area contributed by atoms with Gasteiger partial charge in [0.05, 0.1) is 6.10 Å². The molecule has 0 radical (unpaired) electrons. The van der Waals surface area contributed by atoms with Crippen molar-refractivity contribution in [3.8, 4) is 0 Å². The van der Waals surface area contributed by atoms with Crippen molar-refractivity contribution in [1.82, 2.24) is 20.4 Å². The van der Waals surface area contributed by atoms with Crippen LogP contribution in [0.25, 0.3) is 0 Å². The van der Waals surface area contributed by atoms with Crippen LogP contribution in [0.3, 0.4) is 0 Å². The van der Waals surface area contributed by atoms with Gasteiger partial charge in [-0.15, -0.1) is 0 Å². The fraction of sp³-hybridized carbons (Fsp3) is 0.667. The lowest BCUT2D eigenvalue weighted by atomic mass is 10.1. The second-order valence-electron chi connectivity index (χ2n) is 10.6. The van der Waals surface area contributed by atoms with Crippen LogP contribution in [0.5, 0.6) is 0 Å². The second kappa shape index (κ2) is 13.7. The van der Waals surface area contributed by atoms with Gasteiger partial charge in [-0.2, -0.15) is 0 Å². The van der Waals surface area contributed by atoms with Gasteiger partial charge in [0, 0.05) is 33.3 Å². The summed E-state index contributed by atoms with van der Waals surface area (Å²) in [5.74, 6) is -0.934. The number of hydrogen-bond donors (Lipinski definition) is 2. The number of halogens is 1. The Morgan fingerprint density at radius 1 is 1.19 bits per heavy atom. The van der Waals surface area contributed by atoms with E-state index in [1.807, 2.05) is 0 Å². The Balaban J connectivity index is 1.97. The molecular weight excluding hydrogens is 479 g/mol. The highest BCUT2D eigenvalue weighted by Crippen LogP contribution is 2.19. The zero-order valence-corrected chi connectivity index (χ0v) is 23.2. The number of hydrogen-bond acceptors (Lipinski definition) is 6. The highest BCUT2D eigenvalue weighted by atomic mass is 19.1. The van der Waals surface area contributed by atoms with Gasteiger partial charge in [0.2, 0.25) is 11.8 Å². The number of ether oxygens (including phenoxy) is 2. The molecule has 0 aliphatic carbocycles. The molecule has 0 bridgehead atoms. The smallest absolute Gasteiger partial charge is 0.410 e. The summed E-state index contributed by atoms with van der Waals surface area (Å²) < 4.78 is 23.9. The highest BCUT2D eigenvalue weighted by molar-refractivity contribution is 5.91. The van der Waals surface area contributed by atoms with Crippen molar-refractivity contribution < 1.29 is 28.2 Å². The van der Waals surface area contributed by atoms with Gasteiger partial charge in [0.25, 0.3) is 0 Å². The summed E-state index contributed by atoms with van der Waals surface area (Å²) in [6.45, 7) is 10.5. The zero-order chi connectivity index (χ0) is 27.8. The molecule has 3 amide bonds. The van der Waals surface area contributed by atoms with Crippen LogP contribution >= 0.6 is 0 Å². The van der Waals surface area contributed by atoms with E-state index >= 15 is 0 Å². The monoisotopic (exact) mass is 522 g/mol. The second-order valence-corrected chi connectivity index (χ2v) is 10.6. The lowest BCUT2D eigenvalue weighted by molar-refractivity contribution is -0.141. The molecule has 10 heteroatoms. The number of rotatable bonds is 11. The van der Waals surface area contributed by atoms with E-state index in [2.05, 4.69) is 10.6 Å². The Morgan fingerprint density at radius 3 is 2.43 bits per heavy atom. The summed E-state index contributed by atoms with van der Waals surface area (Å²) in [6, 6.07) is 4.68. The van der Waals surface area contributed by atoms with Crippen molar-refractivity contribution in [2.75, 3.05) is 33.8 Å². The van der Waals surface area contributed by atoms with Crippen LogP contribution in [0.15, 0.2) is 24.3 Å². The van der Waals surface area contributed by atoms with E-state index in [4.69, 9.17) is 9.47 Å². The van der Waals surface area contributed by atoms with E-state index in [0.717, 1.165) is 24.8 Å². The maximum atomic E-state index is 13.6. The number of likely N-dealkylation sites (N-methyl/N-ethyl adjacent to an activating group) is 1.